The first-order chi connectivity index (χ1) is 15.5. The zero-order valence-corrected chi connectivity index (χ0v) is 19.7. The van der Waals surface area contributed by atoms with E-state index in [2.05, 4.69) is 31.4 Å². The first-order valence-electron chi connectivity index (χ1n) is 9.50. The van der Waals surface area contributed by atoms with Crippen molar-refractivity contribution < 1.29 is 4.79 Å². The molecule has 1 amide bonds. The molecular formula is C23H16BrClN4O2S. The molecule has 0 saturated heterocycles. The number of nitrogens with one attached hydrogen (secondary N) is 1. The topological polar surface area (TPSA) is 76.3 Å². The molecule has 1 N–H and O–H groups in total. The number of thioether (sulfide) groups is 1. The molecule has 9 heteroatoms. The minimum Gasteiger partial charge on any atom is -0.272 e. The lowest BCUT2D eigenvalue weighted by Crippen LogP contribution is -2.24. The largest absolute Gasteiger partial charge is 0.272 e. The number of aromatic nitrogens is 2. The van der Waals surface area contributed by atoms with Gasteiger partial charge in [-0.25, -0.2) is 10.4 Å². The van der Waals surface area contributed by atoms with Crippen LogP contribution in [-0.4, -0.2) is 27.4 Å². The lowest BCUT2D eigenvalue weighted by Gasteiger charge is -2.13. The molecule has 6 nitrogen and oxygen atoms in total. The van der Waals surface area contributed by atoms with Crippen LogP contribution in [0.1, 0.15) is 5.56 Å². The Bertz CT molecular complexity index is 1370. The van der Waals surface area contributed by atoms with Gasteiger partial charge in [0, 0.05) is 15.1 Å². The number of fused-ring (bicyclic) bond motifs is 1. The zero-order valence-electron chi connectivity index (χ0n) is 16.5. The van der Waals surface area contributed by atoms with Crippen molar-refractivity contribution in [2.24, 2.45) is 5.10 Å². The summed E-state index contributed by atoms with van der Waals surface area (Å²) in [5.74, 6) is -0.283. The van der Waals surface area contributed by atoms with Crippen LogP contribution in [0.4, 0.5) is 0 Å². The van der Waals surface area contributed by atoms with Gasteiger partial charge in [0.1, 0.15) is 0 Å². The fourth-order valence-corrected chi connectivity index (χ4v) is 4.26. The molecule has 0 aliphatic rings. The van der Waals surface area contributed by atoms with Gasteiger partial charge in [-0.2, -0.15) is 5.10 Å². The maximum Gasteiger partial charge on any atom is 0.266 e. The van der Waals surface area contributed by atoms with E-state index in [9.17, 15) is 9.59 Å². The van der Waals surface area contributed by atoms with Crippen LogP contribution in [0, 0.1) is 0 Å². The van der Waals surface area contributed by atoms with E-state index < -0.39 is 0 Å². The molecule has 0 aliphatic heterocycles. The molecule has 0 bridgehead atoms. The number of hydrogen-bond acceptors (Lipinski definition) is 5. The summed E-state index contributed by atoms with van der Waals surface area (Å²) in [6.45, 7) is 0. The van der Waals surface area contributed by atoms with E-state index in [1.54, 1.807) is 48.7 Å². The molecule has 0 unspecified atom stereocenters. The number of nitrogens with zero attached hydrogens (tertiary/aromatic N) is 3. The van der Waals surface area contributed by atoms with Crippen LogP contribution in [0.2, 0.25) is 5.02 Å². The van der Waals surface area contributed by atoms with Gasteiger partial charge in [-0.1, -0.05) is 69.6 Å². The first-order valence-corrected chi connectivity index (χ1v) is 11.7. The second-order valence-corrected chi connectivity index (χ2v) is 8.87. The second-order valence-electron chi connectivity index (χ2n) is 6.63. The number of hydrogen-bond donors (Lipinski definition) is 1. The molecule has 160 valence electrons. The number of carbonyl (C=O) groups is 1. The highest BCUT2D eigenvalue weighted by Gasteiger charge is 2.14. The molecule has 4 rings (SSSR count). The normalized spacial score (nSPS) is 11.2. The molecule has 0 saturated carbocycles. The summed E-state index contributed by atoms with van der Waals surface area (Å²) in [7, 11) is 0. The second kappa shape index (κ2) is 10.1. The average Bonchev–Trinajstić information content (AvgIpc) is 2.80. The smallest absolute Gasteiger partial charge is 0.266 e. The third-order valence-corrected chi connectivity index (χ3v) is 6.37. The van der Waals surface area contributed by atoms with Crippen LogP contribution in [0.3, 0.4) is 0 Å². The number of carbonyl (C=O) groups excluding carboxylic acids is 1. The van der Waals surface area contributed by atoms with Crippen molar-refractivity contribution in [3.8, 4) is 5.69 Å². The van der Waals surface area contributed by atoms with Crippen LogP contribution in [0.25, 0.3) is 16.6 Å². The number of hydrazone groups is 1. The fourth-order valence-electron chi connectivity index (χ4n) is 2.94. The van der Waals surface area contributed by atoms with E-state index in [-0.39, 0.29) is 17.2 Å². The van der Waals surface area contributed by atoms with Gasteiger partial charge in [0.2, 0.25) is 0 Å². The fraction of sp³-hybridized carbons (Fsp3) is 0.0435. The lowest BCUT2D eigenvalue weighted by molar-refractivity contribution is -0.118. The molecule has 0 aliphatic carbocycles. The summed E-state index contributed by atoms with van der Waals surface area (Å²) in [6.07, 6.45) is 1.56. The predicted octanol–water partition coefficient (Wildman–Crippen LogP) is 5.04. The molecule has 0 spiro atoms. The van der Waals surface area contributed by atoms with Crippen molar-refractivity contribution in [3.63, 3.8) is 0 Å². The summed E-state index contributed by atoms with van der Waals surface area (Å²) in [5.41, 5.74) is 4.31. The number of rotatable bonds is 6. The zero-order chi connectivity index (χ0) is 22.5. The van der Waals surface area contributed by atoms with Gasteiger partial charge >= 0.3 is 0 Å². The molecule has 0 fully saturated rings. The Kier molecular flexibility index (Phi) is 7.04. The first kappa shape index (κ1) is 22.3. The molecule has 3 aromatic carbocycles. The van der Waals surface area contributed by atoms with Gasteiger partial charge in [-0.15, -0.1) is 0 Å². The van der Waals surface area contributed by atoms with E-state index in [4.69, 9.17) is 11.6 Å². The standard InChI is InChI=1S/C23H16BrClN4O2S/c24-19-7-3-1-5-15(19)13-26-28-21(30)14-32-23-27-20-8-4-2-6-18(20)22(31)29(23)17-11-9-16(25)10-12-17/h1-13H,14H2,(H,28,30)/b26-13+. The van der Waals surface area contributed by atoms with Gasteiger partial charge in [-0.05, 0) is 42.5 Å². The van der Waals surface area contributed by atoms with Crippen LogP contribution in [0.5, 0.6) is 0 Å². The highest BCUT2D eigenvalue weighted by molar-refractivity contribution is 9.10. The van der Waals surface area contributed by atoms with Crippen LogP contribution in [-0.2, 0) is 4.79 Å². The SMILES string of the molecule is O=C(CSc1nc2ccccc2c(=O)n1-c1ccc(Cl)cc1)N/N=C/c1ccccc1Br. The molecule has 0 atom stereocenters. The highest BCUT2D eigenvalue weighted by Crippen LogP contribution is 2.22. The molecular weight excluding hydrogens is 512 g/mol. The van der Waals surface area contributed by atoms with E-state index in [0.717, 1.165) is 21.8 Å². The van der Waals surface area contributed by atoms with Crippen LogP contribution in [0.15, 0.2) is 92.3 Å². The molecule has 32 heavy (non-hydrogen) atoms. The quantitative estimate of drug-likeness (QED) is 0.165. The monoisotopic (exact) mass is 526 g/mol. The van der Waals surface area contributed by atoms with E-state index in [1.807, 2.05) is 30.3 Å². The third kappa shape index (κ3) is 5.09. The van der Waals surface area contributed by atoms with Crippen molar-refractivity contribution in [2.45, 2.75) is 5.16 Å². The minimum atomic E-state index is -0.316. The number of para-hydroxylation sites is 1. The number of amides is 1. The summed E-state index contributed by atoms with van der Waals surface area (Å²) in [4.78, 5) is 30.1. The Morgan fingerprint density at radius 2 is 1.81 bits per heavy atom. The van der Waals surface area contributed by atoms with Gasteiger partial charge in [-0.3, -0.25) is 14.2 Å². The Balaban J connectivity index is 1.57. The Morgan fingerprint density at radius 3 is 2.59 bits per heavy atom. The van der Waals surface area contributed by atoms with Crippen LogP contribution >= 0.6 is 39.3 Å². The Hall–Kier alpha value is -2.94. The third-order valence-electron chi connectivity index (χ3n) is 4.46. The lowest BCUT2D eigenvalue weighted by atomic mass is 10.2. The van der Waals surface area contributed by atoms with Crippen LogP contribution < -0.4 is 11.0 Å². The van der Waals surface area contributed by atoms with Gasteiger partial charge in [0.25, 0.3) is 11.5 Å². The van der Waals surface area contributed by atoms with Crippen molar-refractivity contribution >= 4 is 62.3 Å². The van der Waals surface area contributed by atoms with Gasteiger partial charge in [0.15, 0.2) is 5.16 Å². The molecule has 1 heterocycles. The van der Waals surface area contributed by atoms with Crippen molar-refractivity contribution in [1.29, 1.82) is 0 Å². The summed E-state index contributed by atoms with van der Waals surface area (Å²) in [5, 5.41) is 5.46. The van der Waals surface area contributed by atoms with Crippen molar-refractivity contribution in [1.82, 2.24) is 15.0 Å². The Labute approximate surface area is 201 Å². The van der Waals surface area contributed by atoms with E-state index >= 15 is 0 Å². The van der Waals surface area contributed by atoms with E-state index in [0.29, 0.717) is 26.8 Å². The predicted molar refractivity (Wildman–Crippen MR) is 133 cm³/mol. The maximum atomic E-state index is 13.2. The van der Waals surface area contributed by atoms with E-state index in [1.165, 1.54) is 4.57 Å². The summed E-state index contributed by atoms with van der Waals surface area (Å²) in [6, 6.07) is 21.5. The average molecular weight is 528 g/mol. The van der Waals surface area contributed by atoms with Gasteiger partial charge in [0.05, 0.1) is 28.6 Å². The highest BCUT2D eigenvalue weighted by atomic mass is 79.9. The molecule has 0 radical (unpaired) electrons. The molecule has 4 aromatic rings. The summed E-state index contributed by atoms with van der Waals surface area (Å²) < 4.78 is 2.36. The Morgan fingerprint density at radius 1 is 1.09 bits per heavy atom. The molecule has 1 aromatic heterocycles. The number of benzene rings is 3. The van der Waals surface area contributed by atoms with Crippen molar-refractivity contribution in [3.05, 3.63) is 98.2 Å². The van der Waals surface area contributed by atoms with Crippen molar-refractivity contribution in [2.75, 3.05) is 5.75 Å². The summed E-state index contributed by atoms with van der Waals surface area (Å²) >= 11 is 10.6. The number of halogens is 2. The van der Waals surface area contributed by atoms with Gasteiger partial charge < -0.3 is 0 Å². The minimum absolute atomic E-state index is 0.0334. The maximum absolute atomic E-state index is 13.2.